The van der Waals surface area contributed by atoms with Crippen molar-refractivity contribution in [1.29, 1.82) is 0 Å². The number of fused-ring (bicyclic) bond motifs is 3. The highest BCUT2D eigenvalue weighted by Gasteiger charge is 2.36. The Morgan fingerprint density at radius 1 is 0.586 bits per heavy atom. The van der Waals surface area contributed by atoms with Gasteiger partial charge in [0.2, 0.25) is 22.9 Å². The third-order valence-corrected chi connectivity index (χ3v) is 25.7. The van der Waals surface area contributed by atoms with Gasteiger partial charge in [0, 0.05) is 174 Å². The van der Waals surface area contributed by atoms with Crippen molar-refractivity contribution in [1.82, 2.24) is 48.1 Å². The van der Waals surface area contributed by atoms with Crippen LogP contribution >= 0.6 is 46.1 Å². The number of nitrogens with zero attached hydrogens (tertiary/aromatic N) is 14. The average molecular weight is 1670 g/mol. The Hall–Kier alpha value is -10.1. The van der Waals surface area contributed by atoms with E-state index in [-0.39, 0.29) is 78.8 Å². The third kappa shape index (κ3) is 18.6. The Balaban J connectivity index is 0.000000268. The average Bonchev–Trinajstić information content (AvgIpc) is 1.43. The molecule has 4 N–H and O–H groups in total. The lowest BCUT2D eigenvalue weighted by Gasteiger charge is -2.42. The van der Waals surface area contributed by atoms with Gasteiger partial charge >= 0.3 is 6.18 Å². The summed E-state index contributed by atoms with van der Waals surface area (Å²) in [5.41, 5.74) is 5.39. The monoisotopic (exact) mass is 1660 g/mol. The molecule has 0 radical (unpaired) electrons. The summed E-state index contributed by atoms with van der Waals surface area (Å²) in [6.45, 7) is 10.8. The number of amides is 3. The predicted octanol–water partition coefficient (Wildman–Crippen LogP) is 12.6. The van der Waals surface area contributed by atoms with Crippen LogP contribution < -0.4 is 33.8 Å². The summed E-state index contributed by atoms with van der Waals surface area (Å²) in [4.78, 5) is 68.3. The van der Waals surface area contributed by atoms with Crippen molar-refractivity contribution in [2.45, 2.75) is 72.2 Å². The standard InChI is InChI=1S/C27H28ClF3N6O3S.C24H24ClN5O4S2.C23H24N6O3S2.7H2/c1-18(37-10-2-3-19-15-20(28)4-9-23(19)37)26(38)36-13-11-35(12-14-36)21-5-7-22(8-6-21)41(39,40)34-25-16-24(27(29,30)31)32-17-33-25;25-18-2-1-17-7-9-29(22(17)13-18)15-23(32)30-11-10-28(14-20(30)16-31)19-3-5-21(6-4-19)36(33,34)27-24-26-8-12-35-24;1-17(29-11-10-18-4-2-3-5-21(18)29)22(30)28-14-12-27(13-15-28)19-6-8-20(9-7-19)34(31,32)26-23-24-16-25-33-23;;;;;;;/h4-9,15-18H,2-3,10-14H2,1H3,(H,32,33,34);1-9,12-13,20,31H,10-11,14-16H2,(H,26,27);2-11,16-17H,12-15H2,1H3,(H,24,25,26);7*1H/t18-;20-;17-;;;;;;;/m101......./s1. The number of carbonyl (C=O) groups is 3. The Kier molecular flexibility index (Phi) is 24.1. The van der Waals surface area contributed by atoms with Crippen LogP contribution in [-0.2, 0) is 63.6 Å². The Morgan fingerprint density at radius 2 is 1.14 bits per heavy atom. The predicted molar refractivity (Wildman–Crippen MR) is 438 cm³/mol. The molecule has 6 aromatic carbocycles. The van der Waals surface area contributed by atoms with Crippen LogP contribution in [0.1, 0.15) is 47.6 Å². The lowest BCUT2D eigenvalue weighted by molar-refractivity contribution is -0.141. The van der Waals surface area contributed by atoms with Crippen LogP contribution in [0.25, 0.3) is 21.8 Å². The largest absolute Gasteiger partial charge is 0.433 e. The minimum atomic E-state index is -4.73. The van der Waals surface area contributed by atoms with Gasteiger partial charge in [-0.1, -0.05) is 47.5 Å². The van der Waals surface area contributed by atoms with Crippen molar-refractivity contribution >= 4 is 154 Å². The summed E-state index contributed by atoms with van der Waals surface area (Å²) in [5.74, 6) is -0.410. The summed E-state index contributed by atoms with van der Waals surface area (Å²) in [6.07, 6.45) is 4.47. The molecule has 0 aliphatic carbocycles. The van der Waals surface area contributed by atoms with Gasteiger partial charge < -0.3 is 48.5 Å². The first kappa shape index (κ1) is 79.0. The number of alkyl halides is 3. The van der Waals surface area contributed by atoms with Crippen molar-refractivity contribution in [2.24, 2.45) is 0 Å². The van der Waals surface area contributed by atoms with Crippen molar-refractivity contribution in [3.8, 4) is 0 Å². The summed E-state index contributed by atoms with van der Waals surface area (Å²) < 4.78 is 129. The Morgan fingerprint density at radius 3 is 1.74 bits per heavy atom. The van der Waals surface area contributed by atoms with Gasteiger partial charge in [-0.25, -0.2) is 45.2 Å². The summed E-state index contributed by atoms with van der Waals surface area (Å²) in [7, 11) is -11.6. The number of aromatic nitrogens is 7. The van der Waals surface area contributed by atoms with Crippen LogP contribution in [0.5, 0.6) is 0 Å². The van der Waals surface area contributed by atoms with E-state index in [1.807, 2.05) is 123 Å². The molecular formula is C74H90Cl2F3N17O10S5. The van der Waals surface area contributed by atoms with Gasteiger partial charge in [-0.3, -0.25) is 28.5 Å². The van der Waals surface area contributed by atoms with Crippen LogP contribution in [-0.4, -0.2) is 193 Å². The highest BCUT2D eigenvalue weighted by Crippen LogP contribution is 2.35. The van der Waals surface area contributed by atoms with Crippen molar-refractivity contribution in [3.63, 3.8) is 0 Å². The second-order valence-corrected chi connectivity index (χ2v) is 34.1. The van der Waals surface area contributed by atoms with Crippen molar-refractivity contribution in [3.05, 3.63) is 210 Å². The molecule has 0 bridgehead atoms. The SMILES string of the molecule is C[C@H](C(=O)N1CCN(c2ccc(S(=O)(=O)Nc3cc(C(F)(F)F)ncn3)cc2)CC1)N1CCCc2cc(Cl)ccc21.C[C@H](C(=O)N1CCN(c2ccc(S(=O)(=O)Nc3ncns3)cc2)CC1)n1ccc2ccccc21.O=C(Cn1ccc2ccc(Cl)cc21)N1CCN(c2ccc(S(=O)(=O)Nc3nccs3)cc2)C[C@H]1CO.[HH].[HH].[HH].[HH].[HH].[HH].[HH]. The number of benzene rings is 6. The number of thiazole rings is 1. The molecule has 0 saturated carbocycles. The van der Waals surface area contributed by atoms with E-state index in [2.05, 4.69) is 53.2 Å². The van der Waals surface area contributed by atoms with Gasteiger partial charge in [0.25, 0.3) is 30.1 Å². The fourth-order valence-corrected chi connectivity index (χ4v) is 18.6. The van der Waals surface area contributed by atoms with Crippen LogP contribution in [0.2, 0.25) is 10.0 Å². The van der Waals surface area contributed by atoms with Gasteiger partial charge in [-0.15, -0.1) is 11.3 Å². The lowest BCUT2D eigenvalue weighted by atomic mass is 10.00. The number of hydrogen-bond donors (Lipinski definition) is 4. The fraction of sp³-hybridized carbons (Fsp3) is 0.297. The molecule has 4 aliphatic heterocycles. The second-order valence-electron chi connectivity index (χ2n) is 26.5. The van der Waals surface area contributed by atoms with Gasteiger partial charge in [-0.2, -0.15) is 17.5 Å². The number of nitrogens with one attached hydrogen (secondary N) is 3. The first-order valence-corrected chi connectivity index (χ1v) is 42.1. The molecule has 3 amide bonds. The van der Waals surface area contributed by atoms with E-state index in [1.165, 1.54) is 36.0 Å². The van der Waals surface area contributed by atoms with Crippen LogP contribution in [0.3, 0.4) is 0 Å². The molecule has 0 unspecified atom stereocenters. The molecule has 11 aromatic rings. The number of halogens is 5. The molecule has 9 heterocycles. The van der Waals surface area contributed by atoms with E-state index in [0.717, 1.165) is 81.0 Å². The van der Waals surface area contributed by atoms with E-state index in [4.69, 9.17) is 23.2 Å². The van der Waals surface area contributed by atoms with Crippen molar-refractivity contribution in [2.75, 3.05) is 119 Å². The number of rotatable bonds is 19. The topological polar surface area (TPSA) is 307 Å². The minimum absolute atomic E-state index is 0. The summed E-state index contributed by atoms with van der Waals surface area (Å²) in [5, 5.41) is 15.7. The zero-order valence-electron chi connectivity index (χ0n) is 59.8. The molecule has 111 heavy (non-hydrogen) atoms. The molecule has 3 saturated heterocycles. The lowest BCUT2D eigenvalue weighted by Crippen LogP contribution is -2.57. The highest BCUT2D eigenvalue weighted by molar-refractivity contribution is 7.93. The van der Waals surface area contributed by atoms with Crippen molar-refractivity contribution < 1.29 is 67.9 Å². The Bertz CT molecular complexity index is 5510. The number of hydrogen-bond acceptors (Lipinski definition) is 21. The molecule has 3 atom stereocenters. The van der Waals surface area contributed by atoms with Gasteiger partial charge in [0.15, 0.2) is 5.13 Å². The Labute approximate surface area is 667 Å². The van der Waals surface area contributed by atoms with Crippen LogP contribution in [0.15, 0.2) is 203 Å². The maximum Gasteiger partial charge on any atom is 0.433 e. The minimum Gasteiger partial charge on any atom is -0.394 e. The van der Waals surface area contributed by atoms with E-state index in [0.29, 0.717) is 99.6 Å². The number of para-hydroxylation sites is 1. The molecule has 37 heteroatoms. The highest BCUT2D eigenvalue weighted by atomic mass is 35.5. The zero-order valence-corrected chi connectivity index (χ0v) is 65.4. The zero-order chi connectivity index (χ0) is 78.4. The maximum atomic E-state index is 13.4. The van der Waals surface area contributed by atoms with E-state index in [1.54, 1.807) is 70.9 Å². The van der Waals surface area contributed by atoms with E-state index >= 15 is 0 Å². The molecule has 596 valence electrons. The van der Waals surface area contributed by atoms with Gasteiger partial charge in [-0.05, 0) is 164 Å². The first-order chi connectivity index (χ1) is 53.2. The van der Waals surface area contributed by atoms with Gasteiger partial charge in [0.05, 0.1) is 27.3 Å². The summed E-state index contributed by atoms with van der Waals surface area (Å²) in [6, 6.07) is 42.2. The number of aliphatic hydroxyl groups excluding tert-OH is 1. The number of sulfonamides is 3. The number of aryl methyl sites for hydroxylation is 1. The quantitative estimate of drug-likeness (QED) is 0.0584. The molecule has 4 aliphatic rings. The number of anilines is 7. The fourth-order valence-electron chi connectivity index (χ4n) is 13.8. The smallest absolute Gasteiger partial charge is 0.394 e. The molecule has 15 rings (SSSR count). The number of aliphatic hydroxyl groups is 1. The van der Waals surface area contributed by atoms with Crippen LogP contribution in [0.4, 0.5) is 52.0 Å². The third-order valence-electron chi connectivity index (χ3n) is 19.6. The normalized spacial score (nSPS) is 16.3. The molecule has 3 fully saturated rings. The molecular weight excluding hydrogens is 1580 g/mol. The number of piperazine rings is 3. The van der Waals surface area contributed by atoms with E-state index in [9.17, 15) is 57.9 Å². The number of carbonyl (C=O) groups excluding carboxylic acids is 3. The first-order valence-electron chi connectivity index (χ1n) is 35.2. The van der Waals surface area contributed by atoms with Crippen LogP contribution in [0, 0.1) is 0 Å². The maximum absolute atomic E-state index is 13.4. The summed E-state index contributed by atoms with van der Waals surface area (Å²) >= 11 is 14.5. The molecule has 0 spiro atoms. The molecule has 27 nitrogen and oxygen atoms in total. The molecule has 5 aromatic heterocycles. The van der Waals surface area contributed by atoms with Gasteiger partial charge in [0.1, 0.15) is 42.8 Å². The second kappa shape index (κ2) is 33.8. The van der Waals surface area contributed by atoms with E-state index < -0.39 is 47.8 Å².